The second kappa shape index (κ2) is 7.71. The molecule has 0 bridgehead atoms. The number of allylic oxidation sites excluding steroid dienone is 2. The highest BCUT2D eigenvalue weighted by Gasteiger charge is 2.62. The molecule has 0 N–H and O–H groups in total. The lowest BCUT2D eigenvalue weighted by Crippen LogP contribution is -2.36. The molecule has 0 radical (unpaired) electrons. The summed E-state index contributed by atoms with van der Waals surface area (Å²) in [7, 11) is 0. The highest BCUT2D eigenvalue weighted by molar-refractivity contribution is 6.02. The van der Waals surface area contributed by atoms with Gasteiger partial charge in [-0.1, -0.05) is 19.8 Å². The predicted molar refractivity (Wildman–Crippen MR) is 94.3 cm³/mol. The van der Waals surface area contributed by atoms with Crippen LogP contribution in [0.1, 0.15) is 27.7 Å². The van der Waals surface area contributed by atoms with Crippen LogP contribution in [0.5, 0.6) is 0 Å². The van der Waals surface area contributed by atoms with Crippen molar-refractivity contribution in [2.75, 3.05) is 19.8 Å². The van der Waals surface area contributed by atoms with Gasteiger partial charge in [0.15, 0.2) is 12.5 Å². The summed E-state index contributed by atoms with van der Waals surface area (Å²) in [6, 6.07) is 1.40. The molecule has 1 saturated heterocycles. The third kappa shape index (κ3) is 4.22. The van der Waals surface area contributed by atoms with Crippen LogP contribution < -0.4 is 0 Å². The van der Waals surface area contributed by atoms with Crippen LogP contribution >= 0.6 is 0 Å². The van der Waals surface area contributed by atoms with Gasteiger partial charge >= 0.3 is 12.0 Å². The second-order valence-corrected chi connectivity index (χ2v) is 7.39. The highest BCUT2D eigenvalue weighted by Crippen LogP contribution is 2.59. The summed E-state index contributed by atoms with van der Waals surface area (Å²) >= 11 is 0. The molecule has 0 aromatic carbocycles. The fraction of sp³-hybridized carbons (Fsp3) is 0.579. The van der Waals surface area contributed by atoms with Gasteiger partial charge in [-0.2, -0.15) is 5.26 Å². The molecule has 0 aromatic heterocycles. The number of hydrogen-bond acceptors (Lipinski definition) is 6. The Morgan fingerprint density at radius 1 is 1.44 bits per heavy atom. The smallest absolute Gasteiger partial charge is 0.330 e. The van der Waals surface area contributed by atoms with Gasteiger partial charge in [0, 0.05) is 5.92 Å². The van der Waals surface area contributed by atoms with Gasteiger partial charge in [0.25, 0.3) is 5.91 Å². The van der Waals surface area contributed by atoms with E-state index >= 15 is 0 Å². The van der Waals surface area contributed by atoms with Crippen molar-refractivity contribution in [2.45, 2.75) is 33.8 Å². The molecule has 27 heavy (non-hydrogen) atoms. The van der Waals surface area contributed by atoms with Gasteiger partial charge in [-0.05, 0) is 25.3 Å². The Labute approximate surface area is 158 Å². The standard InChI is InChI=1S/C19H23N3O5/c1-6-7-21-10-15(23)22(18(21)25)11-26-17(24)16-14(19(16,4)5)8-13(9-20)27-12(2)3/h1,8,12,14,16H,7,10-11H2,2-5H3/b13-8+/t14-,16+/m1/s1. The minimum absolute atomic E-state index is 0.0182. The fourth-order valence-electron chi connectivity index (χ4n) is 3.13. The molecule has 2 atom stereocenters. The van der Waals surface area contributed by atoms with Crippen molar-refractivity contribution in [2.24, 2.45) is 17.3 Å². The maximum absolute atomic E-state index is 12.4. The molecular weight excluding hydrogens is 350 g/mol. The Morgan fingerprint density at radius 2 is 2.11 bits per heavy atom. The Bertz CT molecular complexity index is 756. The number of imide groups is 1. The first kappa shape index (κ1) is 20.3. The monoisotopic (exact) mass is 373 g/mol. The van der Waals surface area contributed by atoms with Crippen molar-refractivity contribution in [3.8, 4) is 18.4 Å². The van der Waals surface area contributed by atoms with Gasteiger partial charge in [-0.25, -0.2) is 9.69 Å². The van der Waals surface area contributed by atoms with E-state index in [0.717, 1.165) is 4.90 Å². The normalized spacial score (nSPS) is 23.9. The van der Waals surface area contributed by atoms with Crippen LogP contribution in [0.4, 0.5) is 4.79 Å². The number of nitriles is 1. The SMILES string of the molecule is C#CCN1CC(=O)N(COC(=O)[C@@H]2[C@@H](/C=C(\C#N)OC(C)C)C2(C)C)C1=O. The maximum atomic E-state index is 12.4. The van der Waals surface area contributed by atoms with Gasteiger partial charge in [0.2, 0.25) is 0 Å². The molecule has 8 nitrogen and oxygen atoms in total. The summed E-state index contributed by atoms with van der Waals surface area (Å²) in [4.78, 5) is 38.4. The summed E-state index contributed by atoms with van der Waals surface area (Å²) in [6.07, 6.45) is 6.64. The average molecular weight is 373 g/mol. The molecule has 2 fully saturated rings. The third-order valence-corrected chi connectivity index (χ3v) is 4.72. The van der Waals surface area contributed by atoms with Crippen LogP contribution in [0.15, 0.2) is 11.8 Å². The predicted octanol–water partition coefficient (Wildman–Crippen LogP) is 1.49. The number of nitrogens with zero attached hydrogens (tertiary/aromatic N) is 3. The lowest BCUT2D eigenvalue weighted by molar-refractivity contribution is -0.151. The Morgan fingerprint density at radius 3 is 2.67 bits per heavy atom. The number of urea groups is 1. The summed E-state index contributed by atoms with van der Waals surface area (Å²) < 4.78 is 10.6. The molecule has 1 heterocycles. The molecule has 0 spiro atoms. The van der Waals surface area contributed by atoms with Crippen LogP contribution in [0.3, 0.4) is 0 Å². The minimum Gasteiger partial charge on any atom is -0.481 e. The summed E-state index contributed by atoms with van der Waals surface area (Å²) in [5.41, 5.74) is -0.409. The molecule has 0 unspecified atom stereocenters. The molecule has 2 rings (SSSR count). The Kier molecular flexibility index (Phi) is 5.80. The zero-order valence-electron chi connectivity index (χ0n) is 15.9. The van der Waals surface area contributed by atoms with Crippen LogP contribution in [0, 0.1) is 40.9 Å². The van der Waals surface area contributed by atoms with E-state index in [0.29, 0.717) is 0 Å². The maximum Gasteiger partial charge on any atom is 0.330 e. The van der Waals surface area contributed by atoms with E-state index in [9.17, 15) is 14.4 Å². The fourth-order valence-corrected chi connectivity index (χ4v) is 3.13. The van der Waals surface area contributed by atoms with E-state index in [4.69, 9.17) is 21.2 Å². The van der Waals surface area contributed by atoms with Gasteiger partial charge in [-0.15, -0.1) is 6.42 Å². The summed E-state index contributed by atoms with van der Waals surface area (Å²) in [6.45, 7) is 6.82. The number of esters is 1. The van der Waals surface area contributed by atoms with Crippen molar-refractivity contribution in [1.29, 1.82) is 5.26 Å². The van der Waals surface area contributed by atoms with Crippen LogP contribution in [-0.4, -0.2) is 53.6 Å². The Balaban J connectivity index is 1.98. The van der Waals surface area contributed by atoms with E-state index in [2.05, 4.69) is 5.92 Å². The molecule has 144 valence electrons. The van der Waals surface area contributed by atoms with Crippen molar-refractivity contribution in [3.05, 3.63) is 11.8 Å². The first-order valence-corrected chi connectivity index (χ1v) is 8.61. The van der Waals surface area contributed by atoms with Gasteiger partial charge in [-0.3, -0.25) is 9.59 Å². The summed E-state index contributed by atoms with van der Waals surface area (Å²) in [5, 5.41) is 9.16. The van der Waals surface area contributed by atoms with E-state index in [1.807, 2.05) is 33.8 Å². The molecule has 0 aromatic rings. The molecule has 8 heteroatoms. The first-order valence-electron chi connectivity index (χ1n) is 8.61. The molecule has 1 aliphatic carbocycles. The zero-order chi connectivity index (χ0) is 20.4. The largest absolute Gasteiger partial charge is 0.481 e. The van der Waals surface area contributed by atoms with Gasteiger partial charge < -0.3 is 14.4 Å². The van der Waals surface area contributed by atoms with Crippen molar-refractivity contribution in [1.82, 2.24) is 9.80 Å². The number of hydrogen-bond donors (Lipinski definition) is 0. The number of carbonyl (C=O) groups is 3. The minimum atomic E-state index is -0.575. The van der Waals surface area contributed by atoms with Crippen molar-refractivity contribution in [3.63, 3.8) is 0 Å². The lowest BCUT2D eigenvalue weighted by Gasteiger charge is -2.15. The average Bonchev–Trinajstić information content (AvgIpc) is 3.01. The van der Waals surface area contributed by atoms with Crippen LogP contribution in [0.2, 0.25) is 0 Å². The van der Waals surface area contributed by atoms with Crippen LogP contribution in [-0.2, 0) is 19.1 Å². The zero-order valence-corrected chi connectivity index (χ0v) is 15.9. The first-order chi connectivity index (χ1) is 12.6. The third-order valence-electron chi connectivity index (χ3n) is 4.72. The van der Waals surface area contributed by atoms with E-state index < -0.39 is 36.0 Å². The Hall–Kier alpha value is -3.00. The number of rotatable bonds is 7. The quantitative estimate of drug-likeness (QED) is 0.220. The van der Waals surface area contributed by atoms with E-state index in [1.165, 1.54) is 4.90 Å². The second-order valence-electron chi connectivity index (χ2n) is 7.39. The highest BCUT2D eigenvalue weighted by atomic mass is 16.5. The molecular formula is C19H23N3O5. The van der Waals surface area contributed by atoms with Gasteiger partial charge in [0.05, 0.1) is 18.6 Å². The van der Waals surface area contributed by atoms with Crippen molar-refractivity contribution >= 4 is 17.9 Å². The number of amides is 3. The van der Waals surface area contributed by atoms with Gasteiger partial charge in [0.1, 0.15) is 12.6 Å². The lowest BCUT2D eigenvalue weighted by atomic mass is 10.1. The number of ether oxygens (including phenoxy) is 2. The van der Waals surface area contributed by atoms with E-state index in [-0.39, 0.29) is 30.9 Å². The number of carbonyl (C=O) groups excluding carboxylic acids is 3. The molecule has 2 aliphatic rings. The topological polar surface area (TPSA) is 99.9 Å². The van der Waals surface area contributed by atoms with E-state index in [1.54, 1.807) is 6.08 Å². The molecule has 1 aliphatic heterocycles. The van der Waals surface area contributed by atoms with Crippen LogP contribution in [0.25, 0.3) is 0 Å². The summed E-state index contributed by atoms with van der Waals surface area (Å²) in [5.74, 6) is 0.766. The molecule has 1 saturated carbocycles. The molecule has 3 amide bonds. The number of terminal acetylenes is 1. The van der Waals surface area contributed by atoms with Crippen molar-refractivity contribution < 1.29 is 23.9 Å².